The number of hydrogen-bond donors (Lipinski definition) is 0. The highest BCUT2D eigenvalue weighted by molar-refractivity contribution is 5.89. The van der Waals surface area contributed by atoms with Crippen molar-refractivity contribution >= 4 is 16.9 Å². The second kappa shape index (κ2) is 6.74. The number of piperidine rings is 1. The fraction of sp³-hybridized carbons (Fsp3) is 0.304. The molecule has 2 aliphatic rings. The molecule has 0 radical (unpaired) electrons. The van der Waals surface area contributed by atoms with Crippen LogP contribution in [0, 0.1) is 6.92 Å². The summed E-state index contributed by atoms with van der Waals surface area (Å²) in [6.07, 6.45) is 0.184. The molecule has 1 fully saturated rings. The molecule has 0 spiro atoms. The molecule has 2 aromatic carbocycles. The maximum atomic E-state index is 12.7. The van der Waals surface area contributed by atoms with Gasteiger partial charge in [-0.05, 0) is 38.2 Å². The highest BCUT2D eigenvalue weighted by atomic mass is 16.5. The van der Waals surface area contributed by atoms with Crippen LogP contribution in [-0.2, 0) is 4.74 Å². The quantitative estimate of drug-likeness (QED) is 0.623. The second-order valence-electron chi connectivity index (χ2n) is 7.74. The monoisotopic (exact) mass is 391 g/mol. The van der Waals surface area contributed by atoms with Gasteiger partial charge in [-0.2, -0.15) is 0 Å². The highest BCUT2D eigenvalue weighted by Crippen LogP contribution is 2.46. The molecule has 3 aromatic rings. The van der Waals surface area contributed by atoms with Crippen molar-refractivity contribution in [2.45, 2.75) is 31.6 Å². The van der Waals surface area contributed by atoms with Crippen molar-refractivity contribution in [2.75, 3.05) is 13.6 Å². The van der Waals surface area contributed by atoms with Gasteiger partial charge in [-0.25, -0.2) is 4.79 Å². The molecule has 3 heterocycles. The van der Waals surface area contributed by atoms with Crippen LogP contribution in [0.15, 0.2) is 57.7 Å². The molecule has 0 unspecified atom stereocenters. The molecule has 3 atom stereocenters. The minimum absolute atomic E-state index is 0.0839. The Hall–Kier alpha value is -3.12. The minimum atomic E-state index is -0.372. The zero-order valence-corrected chi connectivity index (χ0v) is 16.3. The lowest BCUT2D eigenvalue weighted by Crippen LogP contribution is -2.53. The van der Waals surface area contributed by atoms with E-state index in [9.17, 15) is 9.59 Å². The number of nitrogens with zero attached hydrogens (tertiary/aromatic N) is 1. The molecule has 1 aromatic heterocycles. The lowest BCUT2D eigenvalue weighted by molar-refractivity contribution is -0.0713. The average molecular weight is 391 g/mol. The first-order chi connectivity index (χ1) is 14.0. The van der Waals surface area contributed by atoms with Gasteiger partial charge in [0.2, 0.25) is 0 Å². The van der Waals surface area contributed by atoms with Crippen LogP contribution >= 0.6 is 0 Å². The molecule has 0 aliphatic carbocycles. The van der Waals surface area contributed by atoms with Crippen molar-refractivity contribution in [1.29, 1.82) is 0 Å². The van der Waals surface area contributed by atoms with E-state index < -0.39 is 0 Å². The van der Waals surface area contributed by atoms with Gasteiger partial charge >= 0.3 is 5.97 Å². The molecular formula is C23H21NO5. The lowest BCUT2D eigenvalue weighted by atomic mass is 9.82. The Labute approximate surface area is 167 Å². The zero-order chi connectivity index (χ0) is 20.1. The van der Waals surface area contributed by atoms with Crippen LogP contribution < -0.4 is 10.2 Å². The van der Waals surface area contributed by atoms with Crippen molar-refractivity contribution in [1.82, 2.24) is 4.90 Å². The van der Waals surface area contributed by atoms with E-state index in [-0.39, 0.29) is 29.6 Å². The number of aryl methyl sites for hydroxylation is 1. The van der Waals surface area contributed by atoms with Crippen molar-refractivity contribution in [3.05, 3.63) is 75.6 Å². The van der Waals surface area contributed by atoms with E-state index in [4.69, 9.17) is 13.9 Å². The summed E-state index contributed by atoms with van der Waals surface area (Å²) in [5.41, 5.74) is 1.78. The maximum absolute atomic E-state index is 12.7. The predicted octanol–water partition coefficient (Wildman–Crippen LogP) is 3.46. The van der Waals surface area contributed by atoms with Crippen LogP contribution in [0.4, 0.5) is 0 Å². The number of carbonyl (C=O) groups excluding carboxylic acids is 1. The number of ether oxygens (including phenoxy) is 2. The van der Waals surface area contributed by atoms with E-state index in [2.05, 4.69) is 4.90 Å². The standard InChI is InChI=1S/C23H21NO5/c1-13-10-17(25)15-8-9-18-21(22(15)27-13)16-11-20(28-18)24(2)12-19(16)29-23(26)14-6-4-3-5-7-14/h3-10,16,19-20H,11-12H2,1-2H3/t16-,19+,20+/m0/s1. The molecule has 1 saturated heterocycles. The fourth-order valence-electron chi connectivity index (χ4n) is 4.36. The summed E-state index contributed by atoms with van der Waals surface area (Å²) in [6, 6.07) is 14.0. The summed E-state index contributed by atoms with van der Waals surface area (Å²) in [5.74, 6) is 0.762. The van der Waals surface area contributed by atoms with Crippen molar-refractivity contribution in [3.8, 4) is 5.75 Å². The van der Waals surface area contributed by atoms with E-state index in [0.29, 0.717) is 41.0 Å². The van der Waals surface area contributed by atoms with E-state index in [0.717, 1.165) is 5.56 Å². The Kier molecular flexibility index (Phi) is 4.17. The molecule has 6 heteroatoms. The number of rotatable bonds is 2. The number of fused-ring (bicyclic) bond motifs is 6. The SMILES string of the molecule is Cc1cc(=O)c2ccc3c(c2o1)[C@H]1C[C@@H](O3)N(C)C[C@H]1OC(=O)c1ccccc1. The minimum Gasteiger partial charge on any atom is -0.475 e. The van der Waals surface area contributed by atoms with Crippen molar-refractivity contribution in [2.24, 2.45) is 0 Å². The summed E-state index contributed by atoms with van der Waals surface area (Å²) in [4.78, 5) is 27.2. The van der Waals surface area contributed by atoms with Crippen LogP contribution in [0.1, 0.15) is 34.0 Å². The fourth-order valence-corrected chi connectivity index (χ4v) is 4.36. The van der Waals surface area contributed by atoms with Crippen LogP contribution in [-0.4, -0.2) is 36.8 Å². The summed E-state index contributed by atoms with van der Waals surface area (Å²) in [7, 11) is 1.96. The van der Waals surface area contributed by atoms with Gasteiger partial charge in [0.25, 0.3) is 0 Å². The average Bonchev–Trinajstić information content (AvgIpc) is 2.71. The zero-order valence-electron chi connectivity index (χ0n) is 16.3. The number of esters is 1. The Morgan fingerprint density at radius 2 is 1.97 bits per heavy atom. The molecular weight excluding hydrogens is 370 g/mol. The van der Waals surface area contributed by atoms with Crippen molar-refractivity contribution in [3.63, 3.8) is 0 Å². The van der Waals surface area contributed by atoms with Crippen LogP contribution in [0.25, 0.3) is 11.0 Å². The van der Waals surface area contributed by atoms with E-state index in [1.165, 1.54) is 6.07 Å². The van der Waals surface area contributed by atoms with Crippen LogP contribution in [0.3, 0.4) is 0 Å². The summed E-state index contributed by atoms with van der Waals surface area (Å²) < 4.78 is 18.1. The topological polar surface area (TPSA) is 69.0 Å². The Balaban J connectivity index is 1.60. The Morgan fingerprint density at radius 1 is 1.17 bits per heavy atom. The number of benzene rings is 2. The lowest BCUT2D eigenvalue weighted by Gasteiger charge is -2.45. The molecule has 148 valence electrons. The first-order valence-corrected chi connectivity index (χ1v) is 9.71. The van der Waals surface area contributed by atoms with Gasteiger partial charge < -0.3 is 13.9 Å². The second-order valence-corrected chi connectivity index (χ2v) is 7.74. The van der Waals surface area contributed by atoms with Crippen LogP contribution in [0.5, 0.6) is 5.75 Å². The summed E-state index contributed by atoms with van der Waals surface area (Å²) >= 11 is 0. The molecule has 2 bridgehead atoms. The third-order valence-electron chi connectivity index (χ3n) is 5.78. The van der Waals surface area contributed by atoms with Gasteiger partial charge in [-0.1, -0.05) is 18.2 Å². The first-order valence-electron chi connectivity index (χ1n) is 9.71. The van der Waals surface area contributed by atoms with E-state index >= 15 is 0 Å². The van der Waals surface area contributed by atoms with Crippen LogP contribution in [0.2, 0.25) is 0 Å². The molecule has 2 aliphatic heterocycles. The molecule has 5 rings (SSSR count). The number of likely N-dealkylation sites (N-methyl/N-ethyl adjacent to an activating group) is 1. The molecule has 0 saturated carbocycles. The van der Waals surface area contributed by atoms with Gasteiger partial charge in [0, 0.05) is 30.5 Å². The normalized spacial score (nSPS) is 23.3. The van der Waals surface area contributed by atoms with Gasteiger partial charge in [-0.15, -0.1) is 0 Å². The summed E-state index contributed by atoms with van der Waals surface area (Å²) in [6.45, 7) is 2.30. The number of carbonyl (C=O) groups is 1. The van der Waals surface area contributed by atoms with Gasteiger partial charge in [0.15, 0.2) is 11.7 Å². The van der Waals surface area contributed by atoms with Gasteiger partial charge in [0.05, 0.1) is 10.9 Å². The number of hydrogen-bond acceptors (Lipinski definition) is 6. The van der Waals surface area contributed by atoms with Crippen molar-refractivity contribution < 1.29 is 18.7 Å². The predicted molar refractivity (Wildman–Crippen MR) is 107 cm³/mol. The van der Waals surface area contributed by atoms with Gasteiger partial charge in [0.1, 0.15) is 23.2 Å². The Bertz CT molecular complexity index is 1150. The third kappa shape index (κ3) is 3.00. The maximum Gasteiger partial charge on any atom is 0.338 e. The number of likely N-dealkylation sites (tertiary alicyclic amines) is 1. The molecule has 0 N–H and O–H groups in total. The Morgan fingerprint density at radius 3 is 2.76 bits per heavy atom. The summed E-state index contributed by atoms with van der Waals surface area (Å²) in [5, 5.41) is 0.517. The molecule has 0 amide bonds. The van der Waals surface area contributed by atoms with E-state index in [1.54, 1.807) is 25.1 Å². The third-order valence-corrected chi connectivity index (χ3v) is 5.78. The van der Waals surface area contributed by atoms with E-state index in [1.807, 2.05) is 31.3 Å². The largest absolute Gasteiger partial charge is 0.475 e. The smallest absolute Gasteiger partial charge is 0.338 e. The first kappa shape index (κ1) is 17.9. The molecule has 29 heavy (non-hydrogen) atoms. The van der Waals surface area contributed by atoms with Gasteiger partial charge in [-0.3, -0.25) is 9.69 Å². The molecule has 6 nitrogen and oxygen atoms in total. The highest BCUT2D eigenvalue weighted by Gasteiger charge is 2.44.